The zero-order chi connectivity index (χ0) is 14.7. The van der Waals surface area contributed by atoms with Crippen LogP contribution in [0, 0.1) is 0 Å². The van der Waals surface area contributed by atoms with Gasteiger partial charge in [-0.05, 0) is 53.6 Å². The molecule has 2 atom stereocenters. The molecule has 20 heavy (non-hydrogen) atoms. The quantitative estimate of drug-likeness (QED) is 0.779. The van der Waals surface area contributed by atoms with Gasteiger partial charge < -0.3 is 5.11 Å². The first-order valence-electron chi connectivity index (χ1n) is 7.10. The Morgan fingerprint density at radius 2 is 1.70 bits per heavy atom. The SMILES string of the molecule is CCC(C)c1ccc(-c2ccc(Cl)cc2C(C)O)cc1. The zero-order valence-corrected chi connectivity index (χ0v) is 13.0. The molecule has 0 amide bonds. The molecule has 2 rings (SSSR count). The van der Waals surface area contributed by atoms with E-state index in [2.05, 4.69) is 38.1 Å². The van der Waals surface area contributed by atoms with Crippen LogP contribution in [0.5, 0.6) is 0 Å². The van der Waals surface area contributed by atoms with E-state index in [0.717, 1.165) is 23.1 Å². The van der Waals surface area contributed by atoms with Gasteiger partial charge in [0.15, 0.2) is 0 Å². The maximum absolute atomic E-state index is 9.91. The highest BCUT2D eigenvalue weighted by molar-refractivity contribution is 6.30. The van der Waals surface area contributed by atoms with Gasteiger partial charge in [-0.1, -0.05) is 55.8 Å². The van der Waals surface area contributed by atoms with Crippen molar-refractivity contribution in [1.29, 1.82) is 0 Å². The van der Waals surface area contributed by atoms with Gasteiger partial charge in [-0.15, -0.1) is 0 Å². The van der Waals surface area contributed by atoms with E-state index in [1.165, 1.54) is 5.56 Å². The highest BCUT2D eigenvalue weighted by Gasteiger charge is 2.11. The third kappa shape index (κ3) is 3.23. The molecule has 106 valence electrons. The Morgan fingerprint density at radius 3 is 2.25 bits per heavy atom. The molecule has 0 radical (unpaired) electrons. The zero-order valence-electron chi connectivity index (χ0n) is 12.2. The van der Waals surface area contributed by atoms with Crippen LogP contribution in [-0.4, -0.2) is 5.11 Å². The van der Waals surface area contributed by atoms with Crippen LogP contribution >= 0.6 is 11.6 Å². The molecule has 0 fully saturated rings. The van der Waals surface area contributed by atoms with Crippen LogP contribution in [-0.2, 0) is 0 Å². The van der Waals surface area contributed by atoms with Crippen LogP contribution in [0.4, 0.5) is 0 Å². The van der Waals surface area contributed by atoms with Gasteiger partial charge in [0.2, 0.25) is 0 Å². The summed E-state index contributed by atoms with van der Waals surface area (Å²) in [5.74, 6) is 0.575. The molecule has 1 nitrogen and oxygen atoms in total. The van der Waals surface area contributed by atoms with Crippen LogP contribution in [0.3, 0.4) is 0 Å². The molecule has 0 aliphatic carbocycles. The van der Waals surface area contributed by atoms with Gasteiger partial charge in [-0.2, -0.15) is 0 Å². The lowest BCUT2D eigenvalue weighted by Gasteiger charge is -2.14. The predicted molar refractivity (Wildman–Crippen MR) is 86.2 cm³/mol. The molecule has 0 saturated carbocycles. The third-order valence-electron chi connectivity index (χ3n) is 3.87. The molecule has 0 aliphatic rings. The largest absolute Gasteiger partial charge is 0.389 e. The first-order valence-corrected chi connectivity index (χ1v) is 7.48. The fourth-order valence-electron chi connectivity index (χ4n) is 2.37. The summed E-state index contributed by atoms with van der Waals surface area (Å²) in [7, 11) is 0. The standard InChI is InChI=1S/C18H21ClO/c1-4-12(2)14-5-7-15(8-6-14)17-10-9-16(19)11-18(17)13(3)20/h5-13,20H,4H2,1-3H3. The van der Waals surface area contributed by atoms with Crippen molar-refractivity contribution >= 4 is 11.6 Å². The van der Waals surface area contributed by atoms with Crippen molar-refractivity contribution in [3.8, 4) is 11.1 Å². The summed E-state index contributed by atoms with van der Waals surface area (Å²) < 4.78 is 0. The van der Waals surface area contributed by atoms with Gasteiger partial charge in [-0.25, -0.2) is 0 Å². The molecule has 0 saturated heterocycles. The topological polar surface area (TPSA) is 20.2 Å². The summed E-state index contributed by atoms with van der Waals surface area (Å²) in [5, 5.41) is 10.6. The molecule has 2 unspecified atom stereocenters. The molecule has 2 heteroatoms. The number of aliphatic hydroxyl groups is 1. The van der Waals surface area contributed by atoms with E-state index in [1.54, 1.807) is 6.92 Å². The normalized spacial score (nSPS) is 14.1. The van der Waals surface area contributed by atoms with Crippen LogP contribution in [0.2, 0.25) is 5.02 Å². The fourth-order valence-corrected chi connectivity index (χ4v) is 2.55. The van der Waals surface area contributed by atoms with Crippen molar-refractivity contribution in [2.24, 2.45) is 0 Å². The second kappa shape index (κ2) is 6.43. The summed E-state index contributed by atoms with van der Waals surface area (Å²) in [6.45, 7) is 6.20. The Bertz CT molecular complexity index is 572. The minimum Gasteiger partial charge on any atom is -0.389 e. The Kier molecular flexibility index (Phi) is 4.85. The van der Waals surface area contributed by atoms with E-state index in [1.807, 2.05) is 18.2 Å². The van der Waals surface area contributed by atoms with E-state index in [9.17, 15) is 5.11 Å². The number of halogens is 1. The lowest BCUT2D eigenvalue weighted by molar-refractivity contribution is 0.200. The molecule has 0 bridgehead atoms. The summed E-state index contributed by atoms with van der Waals surface area (Å²) in [6, 6.07) is 14.3. The van der Waals surface area contributed by atoms with E-state index >= 15 is 0 Å². The summed E-state index contributed by atoms with van der Waals surface area (Å²) in [5.41, 5.74) is 4.38. The Hall–Kier alpha value is -1.31. The van der Waals surface area contributed by atoms with E-state index in [-0.39, 0.29) is 0 Å². The average Bonchev–Trinajstić information content (AvgIpc) is 2.46. The number of benzene rings is 2. The summed E-state index contributed by atoms with van der Waals surface area (Å²) in [6.07, 6.45) is 0.608. The van der Waals surface area contributed by atoms with Gasteiger partial charge in [0, 0.05) is 5.02 Å². The summed E-state index contributed by atoms with van der Waals surface area (Å²) in [4.78, 5) is 0. The van der Waals surface area contributed by atoms with E-state index in [4.69, 9.17) is 11.6 Å². The van der Waals surface area contributed by atoms with Crippen molar-refractivity contribution in [1.82, 2.24) is 0 Å². The van der Waals surface area contributed by atoms with Crippen LogP contribution in [0.1, 0.15) is 50.3 Å². The Morgan fingerprint density at radius 1 is 1.05 bits per heavy atom. The van der Waals surface area contributed by atoms with Gasteiger partial charge in [-0.3, -0.25) is 0 Å². The van der Waals surface area contributed by atoms with Gasteiger partial charge in [0.25, 0.3) is 0 Å². The smallest absolute Gasteiger partial charge is 0.0768 e. The Labute approximate surface area is 126 Å². The first-order chi connectivity index (χ1) is 9.52. The molecular formula is C18H21ClO. The molecule has 2 aromatic rings. The lowest BCUT2D eigenvalue weighted by Crippen LogP contribution is -1.96. The first kappa shape index (κ1) is 15.1. The monoisotopic (exact) mass is 288 g/mol. The molecule has 1 N–H and O–H groups in total. The van der Waals surface area contributed by atoms with Gasteiger partial charge in [0.05, 0.1) is 6.10 Å². The van der Waals surface area contributed by atoms with Crippen LogP contribution < -0.4 is 0 Å². The fraction of sp³-hybridized carbons (Fsp3) is 0.333. The molecule has 0 spiro atoms. The van der Waals surface area contributed by atoms with Crippen molar-refractivity contribution < 1.29 is 5.11 Å². The number of hydrogen-bond donors (Lipinski definition) is 1. The number of rotatable bonds is 4. The maximum Gasteiger partial charge on any atom is 0.0768 e. The predicted octanol–water partition coefficient (Wildman–Crippen LogP) is 5.57. The molecular weight excluding hydrogens is 268 g/mol. The van der Waals surface area contributed by atoms with Crippen LogP contribution in [0.25, 0.3) is 11.1 Å². The van der Waals surface area contributed by atoms with Crippen molar-refractivity contribution in [3.05, 3.63) is 58.6 Å². The van der Waals surface area contributed by atoms with E-state index < -0.39 is 6.10 Å². The molecule has 0 aromatic heterocycles. The second-order valence-electron chi connectivity index (χ2n) is 5.34. The van der Waals surface area contributed by atoms with Crippen molar-refractivity contribution in [2.45, 2.75) is 39.2 Å². The highest BCUT2D eigenvalue weighted by atomic mass is 35.5. The highest BCUT2D eigenvalue weighted by Crippen LogP contribution is 2.31. The average molecular weight is 289 g/mol. The Balaban J connectivity index is 2.41. The molecule has 2 aromatic carbocycles. The minimum absolute atomic E-state index is 0.530. The molecule has 0 aliphatic heterocycles. The van der Waals surface area contributed by atoms with E-state index in [0.29, 0.717) is 10.9 Å². The molecule has 0 heterocycles. The van der Waals surface area contributed by atoms with Gasteiger partial charge >= 0.3 is 0 Å². The third-order valence-corrected chi connectivity index (χ3v) is 4.10. The maximum atomic E-state index is 9.91. The number of hydrogen-bond acceptors (Lipinski definition) is 1. The summed E-state index contributed by atoms with van der Waals surface area (Å²) >= 11 is 6.02. The number of aliphatic hydroxyl groups excluding tert-OH is 1. The van der Waals surface area contributed by atoms with Gasteiger partial charge in [0.1, 0.15) is 0 Å². The minimum atomic E-state index is -0.530. The lowest BCUT2D eigenvalue weighted by atomic mass is 9.93. The van der Waals surface area contributed by atoms with Crippen molar-refractivity contribution in [2.75, 3.05) is 0 Å². The van der Waals surface area contributed by atoms with Crippen LogP contribution in [0.15, 0.2) is 42.5 Å². The second-order valence-corrected chi connectivity index (χ2v) is 5.78. The van der Waals surface area contributed by atoms with Crippen molar-refractivity contribution in [3.63, 3.8) is 0 Å².